The molecule has 132 valence electrons. The highest BCUT2D eigenvalue weighted by molar-refractivity contribution is 6.07. The predicted molar refractivity (Wildman–Crippen MR) is 100 cm³/mol. The third-order valence-electron chi connectivity index (χ3n) is 3.91. The van der Waals surface area contributed by atoms with E-state index in [1.807, 2.05) is 36.4 Å². The van der Waals surface area contributed by atoms with E-state index < -0.39 is 5.97 Å². The van der Waals surface area contributed by atoms with Crippen molar-refractivity contribution in [2.45, 2.75) is 13.5 Å². The van der Waals surface area contributed by atoms with Crippen molar-refractivity contribution in [1.82, 2.24) is 4.57 Å². The molecule has 2 aromatic carbocycles. The van der Waals surface area contributed by atoms with Crippen LogP contribution >= 0.6 is 0 Å². The molecule has 1 aromatic heterocycles. The number of esters is 1. The largest absolute Gasteiger partial charge is 0.461 e. The average molecular weight is 348 g/mol. The van der Waals surface area contributed by atoms with Gasteiger partial charge in [0.25, 0.3) is 5.91 Å². The molecule has 0 spiro atoms. The lowest BCUT2D eigenvalue weighted by Gasteiger charge is -2.11. The van der Waals surface area contributed by atoms with Gasteiger partial charge in [-0.3, -0.25) is 4.79 Å². The molecule has 26 heavy (non-hydrogen) atoms. The average Bonchev–Trinajstić information content (AvgIpc) is 3.05. The molecular formula is C21H20N2O3. The normalized spacial score (nSPS) is 10.3. The van der Waals surface area contributed by atoms with Gasteiger partial charge in [0.1, 0.15) is 0 Å². The maximum absolute atomic E-state index is 12.5. The third-order valence-corrected chi connectivity index (χ3v) is 3.91. The molecule has 1 N–H and O–H groups in total. The number of nitrogens with zero attached hydrogens (tertiary/aromatic N) is 1. The van der Waals surface area contributed by atoms with Gasteiger partial charge in [-0.15, -0.1) is 0 Å². The Balaban J connectivity index is 1.89. The van der Waals surface area contributed by atoms with Crippen molar-refractivity contribution >= 4 is 17.6 Å². The molecule has 3 aromatic rings. The zero-order chi connectivity index (χ0) is 18.4. The quantitative estimate of drug-likeness (QED) is 0.686. The van der Waals surface area contributed by atoms with Crippen LogP contribution < -0.4 is 5.32 Å². The van der Waals surface area contributed by atoms with Gasteiger partial charge in [0.15, 0.2) is 5.69 Å². The summed E-state index contributed by atoms with van der Waals surface area (Å²) in [6, 6.07) is 20.4. The molecule has 0 radical (unpaired) electrons. The molecule has 0 aliphatic heterocycles. The number of rotatable bonds is 6. The molecule has 0 aliphatic rings. The monoisotopic (exact) mass is 348 g/mol. The number of nitrogens with one attached hydrogen (secondary N) is 1. The van der Waals surface area contributed by atoms with Gasteiger partial charge in [-0.05, 0) is 30.7 Å². The Morgan fingerprint density at radius 3 is 2.27 bits per heavy atom. The van der Waals surface area contributed by atoms with E-state index in [-0.39, 0.29) is 12.5 Å². The third kappa shape index (κ3) is 4.00. The zero-order valence-corrected chi connectivity index (χ0v) is 14.5. The second-order valence-electron chi connectivity index (χ2n) is 5.73. The van der Waals surface area contributed by atoms with E-state index in [1.54, 1.807) is 48.0 Å². The fourth-order valence-electron chi connectivity index (χ4n) is 2.70. The Morgan fingerprint density at radius 2 is 1.62 bits per heavy atom. The number of carbonyl (C=O) groups is 2. The number of aromatic nitrogens is 1. The van der Waals surface area contributed by atoms with E-state index in [0.717, 1.165) is 5.56 Å². The number of benzene rings is 2. The lowest BCUT2D eigenvalue weighted by Crippen LogP contribution is -2.18. The molecule has 0 aliphatic carbocycles. The van der Waals surface area contributed by atoms with E-state index in [2.05, 4.69) is 5.32 Å². The van der Waals surface area contributed by atoms with Crippen LogP contribution in [0.2, 0.25) is 0 Å². The van der Waals surface area contributed by atoms with Crippen LogP contribution in [0, 0.1) is 0 Å². The molecule has 0 fully saturated rings. The summed E-state index contributed by atoms with van der Waals surface area (Å²) in [5.74, 6) is -0.731. The first-order chi connectivity index (χ1) is 12.7. The highest BCUT2D eigenvalue weighted by Crippen LogP contribution is 2.21. The van der Waals surface area contributed by atoms with Gasteiger partial charge in [0.05, 0.1) is 12.3 Å². The Bertz CT molecular complexity index is 886. The van der Waals surface area contributed by atoms with Crippen molar-refractivity contribution < 1.29 is 14.3 Å². The molecule has 1 amide bonds. The Hall–Kier alpha value is -3.34. The standard InChI is InChI=1S/C21H20N2O3/c1-2-26-21(25)19-18(22-20(24)17-11-7-4-8-12-17)13-14-23(19)15-16-9-5-3-6-10-16/h3-14H,2,15H2,1H3,(H,22,24). The molecule has 0 saturated carbocycles. The van der Waals surface area contributed by atoms with Crippen molar-refractivity contribution in [2.24, 2.45) is 0 Å². The second kappa shape index (κ2) is 8.16. The zero-order valence-electron chi connectivity index (χ0n) is 14.5. The van der Waals surface area contributed by atoms with Gasteiger partial charge < -0.3 is 14.6 Å². The van der Waals surface area contributed by atoms with E-state index in [1.165, 1.54) is 0 Å². The van der Waals surface area contributed by atoms with Gasteiger partial charge in [-0.2, -0.15) is 0 Å². The summed E-state index contributed by atoms with van der Waals surface area (Å²) in [5, 5.41) is 2.81. The van der Waals surface area contributed by atoms with Crippen molar-refractivity contribution in [3.63, 3.8) is 0 Å². The fraction of sp³-hybridized carbons (Fsp3) is 0.143. The predicted octanol–water partition coefficient (Wildman–Crippen LogP) is 3.97. The van der Waals surface area contributed by atoms with Crippen LogP contribution in [0.3, 0.4) is 0 Å². The molecule has 0 atom stereocenters. The van der Waals surface area contributed by atoms with Gasteiger partial charge in [0, 0.05) is 18.3 Å². The van der Waals surface area contributed by atoms with Crippen LogP contribution in [-0.2, 0) is 11.3 Å². The van der Waals surface area contributed by atoms with Crippen LogP contribution in [0.25, 0.3) is 0 Å². The SMILES string of the molecule is CCOC(=O)c1c(NC(=O)c2ccccc2)ccn1Cc1ccccc1. The van der Waals surface area contributed by atoms with E-state index in [9.17, 15) is 9.59 Å². The van der Waals surface area contributed by atoms with Crippen molar-refractivity contribution in [2.75, 3.05) is 11.9 Å². The highest BCUT2D eigenvalue weighted by Gasteiger charge is 2.20. The Labute approximate surface area is 152 Å². The van der Waals surface area contributed by atoms with Crippen LogP contribution in [0.4, 0.5) is 5.69 Å². The number of ether oxygens (including phenoxy) is 1. The van der Waals surface area contributed by atoms with Gasteiger partial charge in [0.2, 0.25) is 0 Å². The Kier molecular flexibility index (Phi) is 5.49. The number of hydrogen-bond acceptors (Lipinski definition) is 3. The van der Waals surface area contributed by atoms with Crippen LogP contribution in [0.1, 0.15) is 33.3 Å². The first-order valence-electron chi connectivity index (χ1n) is 8.45. The van der Waals surface area contributed by atoms with Crippen LogP contribution in [0.5, 0.6) is 0 Å². The smallest absolute Gasteiger partial charge is 0.357 e. The van der Waals surface area contributed by atoms with Crippen molar-refractivity contribution in [1.29, 1.82) is 0 Å². The summed E-state index contributed by atoms with van der Waals surface area (Å²) >= 11 is 0. The molecule has 0 saturated heterocycles. The summed E-state index contributed by atoms with van der Waals surface area (Å²) in [5.41, 5.74) is 2.35. The molecule has 0 bridgehead atoms. The molecule has 1 heterocycles. The first kappa shape index (κ1) is 17.5. The number of carbonyl (C=O) groups excluding carboxylic acids is 2. The summed E-state index contributed by atoms with van der Waals surface area (Å²) < 4.78 is 6.97. The van der Waals surface area contributed by atoms with E-state index >= 15 is 0 Å². The second-order valence-corrected chi connectivity index (χ2v) is 5.73. The van der Waals surface area contributed by atoms with Gasteiger partial charge >= 0.3 is 5.97 Å². The maximum atomic E-state index is 12.5. The minimum Gasteiger partial charge on any atom is -0.461 e. The van der Waals surface area contributed by atoms with E-state index in [0.29, 0.717) is 23.5 Å². The number of hydrogen-bond donors (Lipinski definition) is 1. The topological polar surface area (TPSA) is 60.3 Å². The van der Waals surface area contributed by atoms with Gasteiger partial charge in [-0.1, -0.05) is 48.5 Å². The lowest BCUT2D eigenvalue weighted by molar-refractivity contribution is 0.0516. The summed E-state index contributed by atoms with van der Waals surface area (Å²) in [6.07, 6.45) is 1.78. The molecule has 5 nitrogen and oxygen atoms in total. The maximum Gasteiger partial charge on any atom is 0.357 e. The van der Waals surface area contributed by atoms with E-state index in [4.69, 9.17) is 4.74 Å². The molecular weight excluding hydrogens is 328 g/mol. The van der Waals surface area contributed by atoms with Crippen molar-refractivity contribution in [3.05, 3.63) is 89.7 Å². The fourth-order valence-corrected chi connectivity index (χ4v) is 2.70. The van der Waals surface area contributed by atoms with Crippen LogP contribution in [0.15, 0.2) is 72.9 Å². The number of anilines is 1. The highest BCUT2D eigenvalue weighted by atomic mass is 16.5. The summed E-state index contributed by atoms with van der Waals surface area (Å²) in [4.78, 5) is 24.9. The lowest BCUT2D eigenvalue weighted by atomic mass is 10.2. The Morgan fingerprint density at radius 1 is 0.962 bits per heavy atom. The molecule has 0 unspecified atom stereocenters. The summed E-state index contributed by atoms with van der Waals surface area (Å²) in [6.45, 7) is 2.53. The van der Waals surface area contributed by atoms with Crippen molar-refractivity contribution in [3.8, 4) is 0 Å². The molecule has 3 rings (SSSR count). The van der Waals surface area contributed by atoms with Crippen LogP contribution in [-0.4, -0.2) is 23.1 Å². The first-order valence-corrected chi connectivity index (χ1v) is 8.45. The minimum atomic E-state index is -0.461. The summed E-state index contributed by atoms with van der Waals surface area (Å²) in [7, 11) is 0. The minimum absolute atomic E-state index is 0.265. The van der Waals surface area contributed by atoms with Gasteiger partial charge in [-0.25, -0.2) is 4.79 Å². The molecule has 5 heteroatoms. The number of amides is 1.